The number of benzene rings is 1. The van der Waals surface area contributed by atoms with E-state index in [1.54, 1.807) is 7.11 Å². The van der Waals surface area contributed by atoms with Crippen LogP contribution in [0.25, 0.3) is 0 Å². The fourth-order valence-corrected chi connectivity index (χ4v) is 3.39. The van der Waals surface area contributed by atoms with Gasteiger partial charge in [-0.15, -0.1) is 24.0 Å². The molecule has 2 aliphatic rings. The molecule has 1 aliphatic carbocycles. The molecule has 3 rings (SSSR count). The third-order valence-electron chi connectivity index (χ3n) is 5.21. The third-order valence-corrected chi connectivity index (χ3v) is 5.21. The van der Waals surface area contributed by atoms with Crippen LogP contribution in [-0.4, -0.2) is 86.7 Å². The number of piperazine rings is 1. The summed E-state index contributed by atoms with van der Waals surface area (Å²) in [7, 11) is 1.65. The number of guanidine groups is 1. The lowest BCUT2D eigenvalue weighted by Crippen LogP contribution is -2.54. The molecule has 1 aliphatic heterocycles. The maximum Gasteiger partial charge on any atom is 0.234 e. The molecule has 0 bridgehead atoms. The van der Waals surface area contributed by atoms with E-state index in [4.69, 9.17) is 14.5 Å². The quantitative estimate of drug-likeness (QED) is 0.281. The van der Waals surface area contributed by atoms with Gasteiger partial charge in [-0.3, -0.25) is 9.69 Å². The second-order valence-corrected chi connectivity index (χ2v) is 7.90. The molecule has 2 N–H and O–H groups in total. The number of carbonyl (C=O) groups is 1. The van der Waals surface area contributed by atoms with Crippen LogP contribution in [-0.2, 0) is 4.79 Å². The van der Waals surface area contributed by atoms with Gasteiger partial charge in [-0.1, -0.05) is 0 Å². The third kappa shape index (κ3) is 8.72. The summed E-state index contributed by atoms with van der Waals surface area (Å²) >= 11 is 0. The normalized spacial score (nSPS) is 18.0. The first-order chi connectivity index (χ1) is 14.6. The molecule has 0 spiro atoms. The zero-order valence-electron chi connectivity index (χ0n) is 18.8. The molecule has 1 aromatic carbocycles. The van der Waals surface area contributed by atoms with Crippen molar-refractivity contribution in [1.82, 2.24) is 20.4 Å². The Hall–Kier alpha value is -1.75. The molecule has 1 atom stereocenters. The molecule has 1 aromatic rings. The van der Waals surface area contributed by atoms with Crippen LogP contribution in [0.2, 0.25) is 0 Å². The standard InChI is InChI=1S/C22H35N5O3.HI/c1-4-23-22(24-15-17(2)30-20-9-7-19(29-3)8-10-20)27-13-11-26(12-14-27)16-21(28)25-18-5-6-18;/h7-10,17-18H,4-6,11-16H2,1-3H3,(H,23,24)(H,25,28);1H. The van der Waals surface area contributed by atoms with Gasteiger partial charge in [-0.25, -0.2) is 4.99 Å². The Bertz CT molecular complexity index is 704. The summed E-state index contributed by atoms with van der Waals surface area (Å²) in [5.74, 6) is 2.68. The van der Waals surface area contributed by atoms with Gasteiger partial charge in [-0.2, -0.15) is 0 Å². The van der Waals surface area contributed by atoms with E-state index in [2.05, 4.69) is 27.4 Å². The zero-order chi connectivity index (χ0) is 21.3. The molecule has 1 saturated heterocycles. The van der Waals surface area contributed by atoms with Crippen molar-refractivity contribution in [3.8, 4) is 11.5 Å². The molecule has 1 heterocycles. The molecule has 1 saturated carbocycles. The van der Waals surface area contributed by atoms with E-state index in [0.29, 0.717) is 19.1 Å². The minimum atomic E-state index is -0.0422. The van der Waals surface area contributed by atoms with Gasteiger partial charge >= 0.3 is 0 Å². The van der Waals surface area contributed by atoms with Crippen LogP contribution in [0.1, 0.15) is 26.7 Å². The first-order valence-electron chi connectivity index (χ1n) is 10.9. The van der Waals surface area contributed by atoms with Crippen molar-refractivity contribution in [3.05, 3.63) is 24.3 Å². The van der Waals surface area contributed by atoms with E-state index in [1.807, 2.05) is 31.2 Å². The highest BCUT2D eigenvalue weighted by Crippen LogP contribution is 2.19. The smallest absolute Gasteiger partial charge is 0.234 e. The molecule has 1 amide bonds. The van der Waals surface area contributed by atoms with Gasteiger partial charge in [0.25, 0.3) is 0 Å². The van der Waals surface area contributed by atoms with E-state index in [0.717, 1.165) is 63.0 Å². The van der Waals surface area contributed by atoms with Gasteiger partial charge in [0.2, 0.25) is 5.91 Å². The Morgan fingerprint density at radius 2 is 1.81 bits per heavy atom. The lowest BCUT2D eigenvalue weighted by molar-refractivity contribution is -0.122. The number of amides is 1. The Morgan fingerprint density at radius 3 is 2.39 bits per heavy atom. The van der Waals surface area contributed by atoms with Crippen LogP contribution >= 0.6 is 24.0 Å². The fraction of sp³-hybridized carbons (Fsp3) is 0.636. The molecule has 2 fully saturated rings. The van der Waals surface area contributed by atoms with E-state index in [-0.39, 0.29) is 36.0 Å². The van der Waals surface area contributed by atoms with Crippen molar-refractivity contribution in [3.63, 3.8) is 0 Å². The average Bonchev–Trinajstić information content (AvgIpc) is 3.56. The van der Waals surface area contributed by atoms with Crippen molar-refractivity contribution in [2.24, 2.45) is 4.99 Å². The maximum atomic E-state index is 12.0. The number of halogens is 1. The van der Waals surface area contributed by atoms with Crippen molar-refractivity contribution in [1.29, 1.82) is 0 Å². The highest BCUT2D eigenvalue weighted by Gasteiger charge is 2.26. The van der Waals surface area contributed by atoms with E-state index >= 15 is 0 Å². The summed E-state index contributed by atoms with van der Waals surface area (Å²) in [5, 5.41) is 6.45. The number of ether oxygens (including phenoxy) is 2. The van der Waals surface area contributed by atoms with Crippen LogP contribution in [0.3, 0.4) is 0 Å². The molecule has 31 heavy (non-hydrogen) atoms. The van der Waals surface area contributed by atoms with E-state index in [1.165, 1.54) is 0 Å². The van der Waals surface area contributed by atoms with Crippen LogP contribution in [0, 0.1) is 0 Å². The van der Waals surface area contributed by atoms with Gasteiger partial charge < -0.3 is 25.0 Å². The predicted octanol–water partition coefficient (Wildman–Crippen LogP) is 1.94. The molecule has 174 valence electrons. The maximum absolute atomic E-state index is 12.0. The van der Waals surface area contributed by atoms with E-state index < -0.39 is 0 Å². The second kappa shape index (κ2) is 12.9. The van der Waals surface area contributed by atoms with Gasteiger partial charge in [-0.05, 0) is 51.0 Å². The molecule has 1 unspecified atom stereocenters. The minimum Gasteiger partial charge on any atom is -0.497 e. The highest BCUT2D eigenvalue weighted by molar-refractivity contribution is 14.0. The molecule has 8 nitrogen and oxygen atoms in total. The highest BCUT2D eigenvalue weighted by atomic mass is 127. The van der Waals surface area contributed by atoms with Crippen molar-refractivity contribution >= 4 is 35.8 Å². The topological polar surface area (TPSA) is 78.4 Å². The summed E-state index contributed by atoms with van der Waals surface area (Å²) in [4.78, 5) is 21.3. The number of methoxy groups -OCH3 is 1. The van der Waals surface area contributed by atoms with Gasteiger partial charge in [0, 0.05) is 38.8 Å². The fourth-order valence-electron chi connectivity index (χ4n) is 3.39. The largest absolute Gasteiger partial charge is 0.497 e. The van der Waals surface area contributed by atoms with Crippen molar-refractivity contribution < 1.29 is 14.3 Å². The minimum absolute atomic E-state index is 0. The lowest BCUT2D eigenvalue weighted by atomic mass is 10.3. The summed E-state index contributed by atoms with van der Waals surface area (Å²) in [5.41, 5.74) is 0. The van der Waals surface area contributed by atoms with Crippen LogP contribution in [0.5, 0.6) is 11.5 Å². The number of hydrogen-bond acceptors (Lipinski definition) is 5. The Balaban J connectivity index is 0.00000341. The Morgan fingerprint density at radius 1 is 1.16 bits per heavy atom. The second-order valence-electron chi connectivity index (χ2n) is 7.90. The lowest BCUT2D eigenvalue weighted by Gasteiger charge is -2.36. The van der Waals surface area contributed by atoms with Crippen molar-refractivity contribution in [2.75, 3.05) is 52.9 Å². The number of rotatable bonds is 9. The molecular weight excluding hydrogens is 509 g/mol. The average molecular weight is 545 g/mol. The molecule has 9 heteroatoms. The summed E-state index contributed by atoms with van der Waals surface area (Å²) in [6, 6.07) is 8.01. The van der Waals surface area contributed by atoms with Gasteiger partial charge in [0.15, 0.2) is 5.96 Å². The zero-order valence-corrected chi connectivity index (χ0v) is 21.1. The monoisotopic (exact) mass is 545 g/mol. The first kappa shape index (κ1) is 25.5. The predicted molar refractivity (Wildman–Crippen MR) is 134 cm³/mol. The molecule has 0 aromatic heterocycles. The Kier molecular flexibility index (Phi) is 10.7. The number of nitrogens with one attached hydrogen (secondary N) is 2. The van der Waals surface area contributed by atoms with Crippen LogP contribution in [0.15, 0.2) is 29.3 Å². The van der Waals surface area contributed by atoms with E-state index in [9.17, 15) is 4.79 Å². The number of aliphatic imine (C=N–C) groups is 1. The number of carbonyl (C=O) groups excluding carboxylic acids is 1. The SMILES string of the molecule is CCNC(=NCC(C)Oc1ccc(OC)cc1)N1CCN(CC(=O)NC2CC2)CC1.I. The van der Waals surface area contributed by atoms with Gasteiger partial charge in [0.1, 0.15) is 17.6 Å². The van der Waals surface area contributed by atoms with Crippen LogP contribution in [0.4, 0.5) is 0 Å². The van der Waals surface area contributed by atoms with Gasteiger partial charge in [0.05, 0.1) is 20.2 Å². The number of hydrogen-bond donors (Lipinski definition) is 2. The summed E-state index contributed by atoms with van der Waals surface area (Å²) in [6.07, 6.45) is 2.21. The molecule has 0 radical (unpaired) electrons. The Labute approximate surface area is 202 Å². The van der Waals surface area contributed by atoms with Crippen LogP contribution < -0.4 is 20.1 Å². The summed E-state index contributed by atoms with van der Waals surface area (Å²) < 4.78 is 11.1. The number of nitrogens with zero attached hydrogens (tertiary/aromatic N) is 3. The summed E-state index contributed by atoms with van der Waals surface area (Å²) in [6.45, 7) is 9.41. The first-order valence-corrected chi connectivity index (χ1v) is 10.9. The molecular formula is C22H36IN5O3. The van der Waals surface area contributed by atoms with Crippen molar-refractivity contribution in [2.45, 2.75) is 38.8 Å².